The van der Waals surface area contributed by atoms with Crippen LogP contribution >= 0.6 is 0 Å². The number of anilines is 1. The van der Waals surface area contributed by atoms with Crippen molar-refractivity contribution in [2.45, 2.75) is 57.9 Å². The van der Waals surface area contributed by atoms with Gasteiger partial charge in [0, 0.05) is 11.8 Å². The minimum atomic E-state index is -0.871. The molecule has 0 saturated heterocycles. The van der Waals surface area contributed by atoms with Crippen LogP contribution in [0.5, 0.6) is 0 Å². The summed E-state index contributed by atoms with van der Waals surface area (Å²) in [6.45, 7) is 3.71. The van der Waals surface area contributed by atoms with E-state index in [9.17, 15) is 9.90 Å². The number of carbonyl (C=O) groups is 1. The average Bonchev–Trinajstić information content (AvgIpc) is 2.54. The fourth-order valence-electron chi connectivity index (χ4n) is 2.75. The molecule has 0 aromatic carbocycles. The number of aliphatic carboxylic acids is 1. The zero-order valence-electron chi connectivity index (χ0n) is 11.6. The molecule has 1 aromatic heterocycles. The highest BCUT2D eigenvalue weighted by molar-refractivity contribution is 5.82. The van der Waals surface area contributed by atoms with E-state index in [4.69, 9.17) is 0 Å². The van der Waals surface area contributed by atoms with Crippen molar-refractivity contribution in [3.05, 3.63) is 17.6 Å². The van der Waals surface area contributed by atoms with Crippen LogP contribution in [0, 0.1) is 13.8 Å². The molecule has 104 valence electrons. The van der Waals surface area contributed by atoms with E-state index in [0.717, 1.165) is 31.4 Å². The molecule has 5 heteroatoms. The topological polar surface area (TPSA) is 75.1 Å². The molecule has 0 atom stereocenters. The van der Waals surface area contributed by atoms with Crippen molar-refractivity contribution >= 4 is 11.8 Å². The third kappa shape index (κ3) is 3.22. The third-order valence-electron chi connectivity index (χ3n) is 3.70. The van der Waals surface area contributed by atoms with Crippen molar-refractivity contribution in [1.82, 2.24) is 9.97 Å². The minimum absolute atomic E-state index is 0.620. The van der Waals surface area contributed by atoms with E-state index in [1.807, 2.05) is 19.9 Å². The van der Waals surface area contributed by atoms with E-state index < -0.39 is 11.5 Å². The van der Waals surface area contributed by atoms with Gasteiger partial charge < -0.3 is 10.4 Å². The molecule has 0 bridgehead atoms. The lowest BCUT2D eigenvalue weighted by Crippen LogP contribution is -2.46. The van der Waals surface area contributed by atoms with Crippen molar-refractivity contribution in [1.29, 1.82) is 0 Å². The van der Waals surface area contributed by atoms with E-state index >= 15 is 0 Å². The van der Waals surface area contributed by atoms with Crippen LogP contribution < -0.4 is 5.32 Å². The largest absolute Gasteiger partial charge is 0.480 e. The fraction of sp³-hybridized carbons (Fsp3) is 0.643. The summed E-state index contributed by atoms with van der Waals surface area (Å²) in [4.78, 5) is 20.2. The van der Waals surface area contributed by atoms with Gasteiger partial charge in [-0.25, -0.2) is 14.8 Å². The summed E-state index contributed by atoms with van der Waals surface area (Å²) in [5, 5.41) is 12.8. The molecule has 1 saturated carbocycles. The second kappa shape index (κ2) is 5.55. The number of carboxylic acids is 1. The molecule has 0 spiro atoms. The van der Waals surface area contributed by atoms with Gasteiger partial charge in [-0.05, 0) is 26.7 Å². The first-order valence-electron chi connectivity index (χ1n) is 6.86. The van der Waals surface area contributed by atoms with Gasteiger partial charge in [-0.15, -0.1) is 0 Å². The van der Waals surface area contributed by atoms with Gasteiger partial charge >= 0.3 is 5.97 Å². The number of nitrogens with one attached hydrogen (secondary N) is 1. The Morgan fingerprint density at radius 3 is 2.37 bits per heavy atom. The quantitative estimate of drug-likeness (QED) is 0.820. The van der Waals surface area contributed by atoms with Gasteiger partial charge in [0.1, 0.15) is 17.2 Å². The van der Waals surface area contributed by atoms with Gasteiger partial charge in [0.25, 0.3) is 0 Å². The number of rotatable bonds is 3. The van der Waals surface area contributed by atoms with E-state index in [2.05, 4.69) is 15.3 Å². The maximum absolute atomic E-state index is 11.7. The number of hydrogen-bond donors (Lipinski definition) is 2. The Balaban J connectivity index is 2.27. The first-order chi connectivity index (χ1) is 9.02. The number of hydrogen-bond acceptors (Lipinski definition) is 4. The molecule has 2 rings (SSSR count). The molecule has 1 aromatic rings. The number of carboxylic acid groups (broad SMARTS) is 1. The van der Waals surface area contributed by atoms with E-state index in [1.165, 1.54) is 0 Å². The SMILES string of the molecule is Cc1cc(NC2(C(=O)O)CCCCCC2)nc(C)n1. The first-order valence-corrected chi connectivity index (χ1v) is 6.86. The zero-order valence-corrected chi connectivity index (χ0v) is 11.6. The predicted octanol–water partition coefficient (Wildman–Crippen LogP) is 2.68. The van der Waals surface area contributed by atoms with Gasteiger partial charge in [0.05, 0.1) is 0 Å². The zero-order chi connectivity index (χ0) is 13.9. The smallest absolute Gasteiger partial charge is 0.329 e. The first kappa shape index (κ1) is 13.8. The molecule has 5 nitrogen and oxygen atoms in total. The lowest BCUT2D eigenvalue weighted by Gasteiger charge is -2.30. The highest BCUT2D eigenvalue weighted by Crippen LogP contribution is 2.30. The molecule has 1 heterocycles. The van der Waals surface area contributed by atoms with Crippen LogP contribution in [0.4, 0.5) is 5.82 Å². The summed E-state index contributed by atoms with van der Waals surface area (Å²) in [5.74, 6) is 0.509. The normalized spacial score (nSPS) is 18.6. The molecule has 1 aliphatic rings. The van der Waals surface area contributed by atoms with E-state index in [-0.39, 0.29) is 0 Å². The van der Waals surface area contributed by atoms with Crippen LogP contribution in [0.15, 0.2) is 6.07 Å². The standard InChI is InChI=1S/C14H21N3O2/c1-10-9-12(16-11(2)15-10)17-14(13(18)19)7-5-3-4-6-8-14/h9H,3-8H2,1-2H3,(H,18,19)(H,15,16,17). The van der Waals surface area contributed by atoms with E-state index in [0.29, 0.717) is 24.5 Å². The lowest BCUT2D eigenvalue weighted by atomic mass is 9.90. The maximum atomic E-state index is 11.7. The van der Waals surface area contributed by atoms with Crippen molar-refractivity contribution in [3.63, 3.8) is 0 Å². The highest BCUT2D eigenvalue weighted by Gasteiger charge is 2.38. The maximum Gasteiger partial charge on any atom is 0.329 e. The van der Waals surface area contributed by atoms with E-state index in [1.54, 1.807) is 0 Å². The van der Waals surface area contributed by atoms with Gasteiger partial charge in [-0.2, -0.15) is 0 Å². The monoisotopic (exact) mass is 263 g/mol. The van der Waals surface area contributed by atoms with Crippen LogP contribution in [-0.4, -0.2) is 26.6 Å². The van der Waals surface area contributed by atoms with Gasteiger partial charge in [-0.1, -0.05) is 25.7 Å². The van der Waals surface area contributed by atoms with Crippen LogP contribution in [0.1, 0.15) is 50.0 Å². The van der Waals surface area contributed by atoms with Crippen molar-refractivity contribution in [3.8, 4) is 0 Å². The molecule has 2 N–H and O–H groups in total. The Labute approximate surface area is 113 Å². The Bertz CT molecular complexity index is 446. The van der Waals surface area contributed by atoms with Crippen molar-refractivity contribution in [2.75, 3.05) is 5.32 Å². The second-order valence-electron chi connectivity index (χ2n) is 5.37. The molecule has 0 aliphatic heterocycles. The van der Waals surface area contributed by atoms with Gasteiger partial charge in [0.2, 0.25) is 0 Å². The molecular formula is C14H21N3O2. The molecule has 0 amide bonds. The molecular weight excluding hydrogens is 242 g/mol. The van der Waals surface area contributed by atoms with Gasteiger partial charge in [0.15, 0.2) is 0 Å². The Morgan fingerprint density at radius 1 is 1.21 bits per heavy atom. The molecule has 1 aliphatic carbocycles. The third-order valence-corrected chi connectivity index (χ3v) is 3.70. The summed E-state index contributed by atoms with van der Waals surface area (Å²) in [6.07, 6.45) is 5.43. The van der Waals surface area contributed by atoms with Crippen molar-refractivity contribution in [2.24, 2.45) is 0 Å². The van der Waals surface area contributed by atoms with Crippen LogP contribution in [0.3, 0.4) is 0 Å². The summed E-state index contributed by atoms with van der Waals surface area (Å²) in [5.41, 5.74) is -0.0202. The number of nitrogens with zero attached hydrogens (tertiary/aromatic N) is 2. The summed E-state index contributed by atoms with van der Waals surface area (Å²) in [6, 6.07) is 1.81. The van der Waals surface area contributed by atoms with Crippen LogP contribution in [0.2, 0.25) is 0 Å². The number of aromatic nitrogens is 2. The summed E-state index contributed by atoms with van der Waals surface area (Å²) < 4.78 is 0. The molecule has 0 unspecified atom stereocenters. The van der Waals surface area contributed by atoms with Crippen molar-refractivity contribution < 1.29 is 9.90 Å². The minimum Gasteiger partial charge on any atom is -0.480 e. The second-order valence-corrected chi connectivity index (χ2v) is 5.37. The Hall–Kier alpha value is -1.65. The molecule has 1 fully saturated rings. The highest BCUT2D eigenvalue weighted by atomic mass is 16.4. The molecule has 0 radical (unpaired) electrons. The predicted molar refractivity (Wildman–Crippen MR) is 73.2 cm³/mol. The fourth-order valence-corrected chi connectivity index (χ4v) is 2.75. The van der Waals surface area contributed by atoms with Crippen LogP contribution in [0.25, 0.3) is 0 Å². The summed E-state index contributed by atoms with van der Waals surface area (Å²) >= 11 is 0. The average molecular weight is 263 g/mol. The summed E-state index contributed by atoms with van der Waals surface area (Å²) in [7, 11) is 0. The Morgan fingerprint density at radius 2 is 1.84 bits per heavy atom. The lowest BCUT2D eigenvalue weighted by molar-refractivity contribution is -0.142. The molecule has 19 heavy (non-hydrogen) atoms. The van der Waals surface area contributed by atoms with Gasteiger partial charge in [-0.3, -0.25) is 0 Å². The van der Waals surface area contributed by atoms with Crippen LogP contribution in [-0.2, 0) is 4.79 Å². The number of aryl methyl sites for hydroxylation is 2. The Kier molecular flexibility index (Phi) is 4.02.